The number of halogens is 1. The Morgan fingerprint density at radius 1 is 1.06 bits per heavy atom. The number of carbonyl (C=O) groups is 1. The molecule has 0 bridgehead atoms. The topological polar surface area (TPSA) is 73.4 Å². The number of methoxy groups -OCH3 is 1. The average Bonchev–Trinajstić information content (AvgIpc) is 3.13. The largest absolute Gasteiger partial charge is 0.488 e. The van der Waals surface area contributed by atoms with Gasteiger partial charge in [0, 0.05) is 23.4 Å². The number of nitrogens with zero attached hydrogens (tertiary/aromatic N) is 1. The third-order valence-corrected chi connectivity index (χ3v) is 4.86. The molecule has 0 saturated carbocycles. The van der Waals surface area contributed by atoms with Gasteiger partial charge in [0.2, 0.25) is 0 Å². The Morgan fingerprint density at radius 2 is 1.84 bits per heavy atom. The van der Waals surface area contributed by atoms with E-state index >= 15 is 0 Å². The standard InChI is InChI=1S/C24H23FN2O4/c1-14(2)31-24(28)23-17(13-29-3)21-19(11-26-23)27-18-5-4-6-20(22(18)21)30-12-15-7-9-16(25)10-8-15/h4-11,14,27H,12-13H2,1-3H3. The number of carbonyl (C=O) groups excluding carboxylic acids is 1. The van der Waals surface area contributed by atoms with Gasteiger partial charge in [0.25, 0.3) is 0 Å². The Balaban J connectivity index is 1.83. The molecule has 2 heterocycles. The lowest BCUT2D eigenvalue weighted by Gasteiger charge is -2.13. The summed E-state index contributed by atoms with van der Waals surface area (Å²) in [6.45, 7) is 4.05. The number of nitrogens with one attached hydrogen (secondary N) is 1. The molecular formula is C24H23FN2O4. The predicted molar refractivity (Wildman–Crippen MR) is 116 cm³/mol. The van der Waals surface area contributed by atoms with Crippen molar-refractivity contribution >= 4 is 27.8 Å². The first kappa shape index (κ1) is 20.8. The van der Waals surface area contributed by atoms with Crippen molar-refractivity contribution in [3.8, 4) is 5.75 Å². The second kappa shape index (κ2) is 8.73. The molecule has 4 rings (SSSR count). The molecule has 31 heavy (non-hydrogen) atoms. The van der Waals surface area contributed by atoms with Crippen molar-refractivity contribution in [1.82, 2.24) is 9.97 Å². The van der Waals surface area contributed by atoms with E-state index in [2.05, 4.69) is 9.97 Å². The molecule has 0 aliphatic carbocycles. The summed E-state index contributed by atoms with van der Waals surface area (Å²) in [4.78, 5) is 20.3. The van der Waals surface area contributed by atoms with E-state index in [-0.39, 0.29) is 30.8 Å². The number of H-pyrrole nitrogens is 1. The van der Waals surface area contributed by atoms with Crippen molar-refractivity contribution in [2.24, 2.45) is 0 Å². The van der Waals surface area contributed by atoms with E-state index in [9.17, 15) is 9.18 Å². The summed E-state index contributed by atoms with van der Waals surface area (Å²) in [6.07, 6.45) is 1.35. The van der Waals surface area contributed by atoms with Crippen LogP contribution < -0.4 is 4.74 Å². The van der Waals surface area contributed by atoms with Crippen LogP contribution in [-0.4, -0.2) is 29.2 Å². The molecule has 0 radical (unpaired) electrons. The number of aromatic nitrogens is 2. The van der Waals surface area contributed by atoms with Gasteiger partial charge in [0.05, 0.1) is 29.9 Å². The molecule has 0 aliphatic rings. The number of ether oxygens (including phenoxy) is 3. The van der Waals surface area contributed by atoms with Crippen LogP contribution in [0.5, 0.6) is 5.75 Å². The van der Waals surface area contributed by atoms with Crippen LogP contribution in [0.25, 0.3) is 21.8 Å². The molecule has 2 aromatic heterocycles. The second-order valence-corrected chi connectivity index (χ2v) is 7.48. The maximum Gasteiger partial charge on any atom is 0.357 e. The molecule has 0 fully saturated rings. The van der Waals surface area contributed by atoms with Crippen LogP contribution in [0.15, 0.2) is 48.7 Å². The maximum absolute atomic E-state index is 13.2. The highest BCUT2D eigenvalue weighted by Gasteiger charge is 2.22. The summed E-state index contributed by atoms with van der Waals surface area (Å²) in [5.74, 6) is -0.150. The predicted octanol–water partition coefficient (Wildman–Crippen LogP) is 5.15. The van der Waals surface area contributed by atoms with Crippen LogP contribution in [-0.2, 0) is 22.7 Å². The third-order valence-electron chi connectivity index (χ3n) is 4.86. The molecule has 0 aliphatic heterocycles. The van der Waals surface area contributed by atoms with Gasteiger partial charge in [0.15, 0.2) is 5.69 Å². The van der Waals surface area contributed by atoms with Crippen molar-refractivity contribution in [3.63, 3.8) is 0 Å². The Labute approximate surface area is 179 Å². The van der Waals surface area contributed by atoms with Gasteiger partial charge in [-0.2, -0.15) is 0 Å². The number of hydrogen-bond acceptors (Lipinski definition) is 5. The monoisotopic (exact) mass is 422 g/mol. The summed E-state index contributed by atoms with van der Waals surface area (Å²) in [7, 11) is 1.57. The molecule has 160 valence electrons. The highest BCUT2D eigenvalue weighted by Crippen LogP contribution is 2.36. The highest BCUT2D eigenvalue weighted by atomic mass is 19.1. The Bertz CT molecular complexity index is 1230. The fourth-order valence-corrected chi connectivity index (χ4v) is 3.56. The van der Waals surface area contributed by atoms with Crippen molar-refractivity contribution < 1.29 is 23.4 Å². The number of fused-ring (bicyclic) bond motifs is 3. The van der Waals surface area contributed by atoms with E-state index < -0.39 is 5.97 Å². The average molecular weight is 422 g/mol. The number of esters is 1. The number of rotatable bonds is 7. The Kier molecular flexibility index (Phi) is 5.86. The summed E-state index contributed by atoms with van der Waals surface area (Å²) in [6, 6.07) is 11.9. The van der Waals surface area contributed by atoms with Gasteiger partial charge < -0.3 is 19.2 Å². The third kappa shape index (κ3) is 4.22. The van der Waals surface area contributed by atoms with Crippen molar-refractivity contribution in [2.75, 3.05) is 7.11 Å². The SMILES string of the molecule is COCc1c(C(=O)OC(C)C)ncc2[nH]c3cccc(OCc4ccc(F)cc4)c3c12. The lowest BCUT2D eigenvalue weighted by Crippen LogP contribution is -2.15. The zero-order valence-corrected chi connectivity index (χ0v) is 17.6. The number of pyridine rings is 1. The molecule has 7 heteroatoms. The highest BCUT2D eigenvalue weighted by molar-refractivity contribution is 6.13. The van der Waals surface area contributed by atoms with E-state index in [1.54, 1.807) is 39.3 Å². The number of aromatic amines is 1. The van der Waals surface area contributed by atoms with Crippen LogP contribution in [0.3, 0.4) is 0 Å². The number of hydrogen-bond donors (Lipinski definition) is 1. The molecule has 2 aromatic carbocycles. The lowest BCUT2D eigenvalue weighted by molar-refractivity contribution is 0.0366. The smallest absolute Gasteiger partial charge is 0.357 e. The first-order valence-corrected chi connectivity index (χ1v) is 9.97. The summed E-state index contributed by atoms with van der Waals surface area (Å²) in [5, 5.41) is 1.63. The normalized spacial score (nSPS) is 11.4. The van der Waals surface area contributed by atoms with E-state index in [1.807, 2.05) is 18.2 Å². The van der Waals surface area contributed by atoms with Crippen molar-refractivity contribution in [1.29, 1.82) is 0 Å². The molecule has 0 amide bonds. The fourth-order valence-electron chi connectivity index (χ4n) is 3.56. The Morgan fingerprint density at radius 3 is 2.55 bits per heavy atom. The summed E-state index contributed by atoms with van der Waals surface area (Å²) < 4.78 is 30.0. The van der Waals surface area contributed by atoms with Gasteiger partial charge in [-0.05, 0) is 43.7 Å². The van der Waals surface area contributed by atoms with E-state index in [1.165, 1.54) is 12.1 Å². The summed E-state index contributed by atoms with van der Waals surface area (Å²) >= 11 is 0. The minimum Gasteiger partial charge on any atom is -0.488 e. The van der Waals surface area contributed by atoms with Crippen LogP contribution in [0.2, 0.25) is 0 Å². The Hall–Kier alpha value is -3.45. The summed E-state index contributed by atoms with van der Waals surface area (Å²) in [5.41, 5.74) is 3.31. The van der Waals surface area contributed by atoms with E-state index in [4.69, 9.17) is 14.2 Å². The lowest BCUT2D eigenvalue weighted by atomic mass is 10.0. The quantitative estimate of drug-likeness (QED) is 0.417. The zero-order valence-electron chi connectivity index (χ0n) is 17.6. The molecule has 0 spiro atoms. The van der Waals surface area contributed by atoms with Crippen LogP contribution in [0, 0.1) is 5.82 Å². The molecule has 0 atom stereocenters. The second-order valence-electron chi connectivity index (χ2n) is 7.48. The fraction of sp³-hybridized carbons (Fsp3) is 0.250. The minimum atomic E-state index is -0.497. The van der Waals surface area contributed by atoms with E-state index in [0.717, 1.165) is 27.4 Å². The first-order valence-electron chi connectivity index (χ1n) is 9.97. The molecule has 6 nitrogen and oxygen atoms in total. The van der Waals surface area contributed by atoms with Gasteiger partial charge in [-0.15, -0.1) is 0 Å². The van der Waals surface area contributed by atoms with E-state index in [0.29, 0.717) is 11.3 Å². The molecule has 0 unspecified atom stereocenters. The first-order chi connectivity index (χ1) is 15.0. The van der Waals surface area contributed by atoms with Crippen LogP contribution in [0.1, 0.15) is 35.5 Å². The van der Waals surface area contributed by atoms with Gasteiger partial charge in [0.1, 0.15) is 18.2 Å². The number of benzene rings is 2. The minimum absolute atomic E-state index is 0.187. The van der Waals surface area contributed by atoms with Gasteiger partial charge in [-0.25, -0.2) is 14.2 Å². The van der Waals surface area contributed by atoms with Crippen molar-refractivity contribution in [2.45, 2.75) is 33.2 Å². The van der Waals surface area contributed by atoms with Gasteiger partial charge in [-0.1, -0.05) is 18.2 Å². The van der Waals surface area contributed by atoms with Crippen LogP contribution >= 0.6 is 0 Å². The maximum atomic E-state index is 13.2. The van der Waals surface area contributed by atoms with Gasteiger partial charge in [-0.3, -0.25) is 0 Å². The molecule has 0 saturated heterocycles. The molecule has 1 N–H and O–H groups in total. The molecule has 4 aromatic rings. The molecular weight excluding hydrogens is 399 g/mol. The van der Waals surface area contributed by atoms with Gasteiger partial charge >= 0.3 is 5.97 Å². The van der Waals surface area contributed by atoms with Crippen LogP contribution in [0.4, 0.5) is 4.39 Å². The van der Waals surface area contributed by atoms with Crippen molar-refractivity contribution in [3.05, 3.63) is 71.3 Å². The zero-order chi connectivity index (χ0) is 22.0.